The first kappa shape index (κ1) is 12.2. The van der Waals surface area contributed by atoms with E-state index in [9.17, 15) is 4.79 Å². The van der Waals surface area contributed by atoms with Gasteiger partial charge >= 0.3 is 0 Å². The highest BCUT2D eigenvalue weighted by atomic mass is 16.1. The van der Waals surface area contributed by atoms with Gasteiger partial charge in [-0.3, -0.25) is 4.79 Å². The van der Waals surface area contributed by atoms with Gasteiger partial charge in [-0.15, -0.1) is 0 Å². The van der Waals surface area contributed by atoms with Gasteiger partial charge in [-0.25, -0.2) is 9.97 Å². The molecule has 0 saturated carbocycles. The van der Waals surface area contributed by atoms with Crippen LogP contribution in [0.5, 0.6) is 0 Å². The van der Waals surface area contributed by atoms with Crippen molar-refractivity contribution >= 4 is 5.91 Å². The quantitative estimate of drug-likeness (QED) is 0.887. The summed E-state index contributed by atoms with van der Waals surface area (Å²) in [4.78, 5) is 19.7. The molecule has 0 spiro atoms. The molecule has 0 aliphatic rings. The number of carbonyl (C=O) groups excluding carboxylic acids is 1. The van der Waals surface area contributed by atoms with Crippen molar-refractivity contribution < 1.29 is 4.79 Å². The van der Waals surface area contributed by atoms with Crippen LogP contribution in [0.25, 0.3) is 0 Å². The number of nitrogens with one attached hydrogen (secondary N) is 1. The minimum absolute atomic E-state index is 0.133. The zero-order chi connectivity index (χ0) is 12.8. The number of aryl methyl sites for hydroxylation is 1. The van der Waals surface area contributed by atoms with Crippen molar-refractivity contribution in [2.45, 2.75) is 13.3 Å². The maximum absolute atomic E-state index is 11.8. The molecule has 0 aliphatic carbocycles. The van der Waals surface area contributed by atoms with Gasteiger partial charge in [-0.05, 0) is 18.9 Å². The van der Waals surface area contributed by atoms with Crippen LogP contribution >= 0.6 is 0 Å². The third kappa shape index (κ3) is 3.38. The van der Waals surface area contributed by atoms with Crippen LogP contribution in [0.3, 0.4) is 0 Å². The molecular formula is C14H15N3O. The summed E-state index contributed by atoms with van der Waals surface area (Å²) >= 11 is 0. The Morgan fingerprint density at radius 1 is 1.17 bits per heavy atom. The Balaban J connectivity index is 1.84. The summed E-state index contributed by atoms with van der Waals surface area (Å²) in [5.41, 5.74) is 1.70. The molecule has 4 nitrogen and oxygen atoms in total. The van der Waals surface area contributed by atoms with Crippen LogP contribution in [0.1, 0.15) is 21.7 Å². The van der Waals surface area contributed by atoms with Crippen molar-refractivity contribution in [3.05, 3.63) is 59.7 Å². The Morgan fingerprint density at radius 3 is 2.50 bits per heavy atom. The normalized spacial score (nSPS) is 10.1. The molecule has 1 amide bonds. The molecular weight excluding hydrogens is 226 g/mol. The summed E-state index contributed by atoms with van der Waals surface area (Å²) in [6, 6.07) is 10.0. The molecule has 2 rings (SSSR count). The summed E-state index contributed by atoms with van der Waals surface area (Å²) in [7, 11) is 0. The van der Waals surface area contributed by atoms with Crippen LogP contribution in [0.15, 0.2) is 42.7 Å². The molecule has 1 aromatic carbocycles. The average Bonchev–Trinajstić information content (AvgIpc) is 2.40. The van der Waals surface area contributed by atoms with Crippen molar-refractivity contribution in [3.8, 4) is 0 Å². The lowest BCUT2D eigenvalue weighted by molar-refractivity contribution is 0.0953. The van der Waals surface area contributed by atoms with Gasteiger partial charge in [-0.1, -0.05) is 30.3 Å². The molecule has 4 heteroatoms. The monoisotopic (exact) mass is 241 g/mol. The van der Waals surface area contributed by atoms with Gasteiger partial charge in [0.05, 0.1) is 5.56 Å². The first-order valence-corrected chi connectivity index (χ1v) is 5.86. The highest BCUT2D eigenvalue weighted by Gasteiger charge is 2.05. The Kier molecular flexibility index (Phi) is 4.02. The van der Waals surface area contributed by atoms with Crippen molar-refractivity contribution in [1.29, 1.82) is 0 Å². The van der Waals surface area contributed by atoms with Crippen LogP contribution in [0.2, 0.25) is 0 Å². The SMILES string of the molecule is Cc1ncc(C(=O)NCCc2ccccc2)cn1. The Morgan fingerprint density at radius 2 is 1.83 bits per heavy atom. The molecule has 1 N–H and O–H groups in total. The topological polar surface area (TPSA) is 54.9 Å². The number of aromatic nitrogens is 2. The second-order valence-corrected chi connectivity index (χ2v) is 4.01. The molecule has 1 aromatic heterocycles. The minimum Gasteiger partial charge on any atom is -0.352 e. The standard InChI is InChI=1S/C14H15N3O/c1-11-16-9-13(10-17-11)14(18)15-8-7-12-5-3-2-4-6-12/h2-6,9-10H,7-8H2,1H3,(H,15,18). The Bertz CT molecular complexity index is 508. The van der Waals surface area contributed by atoms with Gasteiger partial charge in [0, 0.05) is 18.9 Å². The first-order valence-electron chi connectivity index (χ1n) is 5.86. The van der Waals surface area contributed by atoms with Gasteiger partial charge in [0.15, 0.2) is 0 Å². The second kappa shape index (κ2) is 5.91. The lowest BCUT2D eigenvalue weighted by atomic mass is 10.1. The van der Waals surface area contributed by atoms with E-state index in [1.807, 2.05) is 30.3 Å². The zero-order valence-corrected chi connectivity index (χ0v) is 10.3. The summed E-state index contributed by atoms with van der Waals surface area (Å²) in [5, 5.41) is 2.85. The van der Waals surface area contributed by atoms with E-state index in [2.05, 4.69) is 15.3 Å². The van der Waals surface area contributed by atoms with Gasteiger partial charge in [-0.2, -0.15) is 0 Å². The van der Waals surface area contributed by atoms with E-state index in [1.54, 1.807) is 19.3 Å². The van der Waals surface area contributed by atoms with E-state index in [0.29, 0.717) is 17.9 Å². The predicted molar refractivity (Wildman–Crippen MR) is 69.2 cm³/mol. The Hall–Kier alpha value is -2.23. The molecule has 1 heterocycles. The molecule has 0 bridgehead atoms. The predicted octanol–water partition coefficient (Wildman–Crippen LogP) is 1.76. The van der Waals surface area contributed by atoms with Crippen LogP contribution in [-0.2, 0) is 6.42 Å². The maximum Gasteiger partial charge on any atom is 0.254 e. The van der Waals surface area contributed by atoms with E-state index in [0.717, 1.165) is 6.42 Å². The highest BCUT2D eigenvalue weighted by Crippen LogP contribution is 1.99. The van der Waals surface area contributed by atoms with E-state index in [4.69, 9.17) is 0 Å². The number of rotatable bonds is 4. The van der Waals surface area contributed by atoms with Crippen LogP contribution in [-0.4, -0.2) is 22.4 Å². The largest absolute Gasteiger partial charge is 0.352 e. The van der Waals surface area contributed by atoms with Gasteiger partial charge in [0.25, 0.3) is 5.91 Å². The minimum atomic E-state index is -0.133. The molecule has 2 aromatic rings. The molecule has 0 saturated heterocycles. The molecule has 0 radical (unpaired) electrons. The summed E-state index contributed by atoms with van der Waals surface area (Å²) < 4.78 is 0. The van der Waals surface area contributed by atoms with E-state index < -0.39 is 0 Å². The van der Waals surface area contributed by atoms with E-state index in [1.165, 1.54) is 5.56 Å². The summed E-state index contributed by atoms with van der Waals surface area (Å²) in [6.07, 6.45) is 3.90. The van der Waals surface area contributed by atoms with Crippen molar-refractivity contribution in [2.24, 2.45) is 0 Å². The maximum atomic E-state index is 11.8. The van der Waals surface area contributed by atoms with Crippen LogP contribution in [0.4, 0.5) is 0 Å². The van der Waals surface area contributed by atoms with Crippen molar-refractivity contribution in [2.75, 3.05) is 6.54 Å². The van der Waals surface area contributed by atoms with Gasteiger partial charge in [0.1, 0.15) is 5.82 Å². The van der Waals surface area contributed by atoms with Gasteiger partial charge < -0.3 is 5.32 Å². The van der Waals surface area contributed by atoms with Gasteiger partial charge in [0.2, 0.25) is 0 Å². The molecule has 92 valence electrons. The fourth-order valence-corrected chi connectivity index (χ4v) is 1.58. The lowest BCUT2D eigenvalue weighted by Gasteiger charge is -2.05. The number of hydrogen-bond donors (Lipinski definition) is 1. The number of amides is 1. The highest BCUT2D eigenvalue weighted by molar-refractivity contribution is 5.93. The van der Waals surface area contributed by atoms with Crippen molar-refractivity contribution in [1.82, 2.24) is 15.3 Å². The first-order chi connectivity index (χ1) is 8.75. The van der Waals surface area contributed by atoms with Crippen LogP contribution < -0.4 is 5.32 Å². The molecule has 0 fully saturated rings. The number of benzene rings is 1. The fourth-order valence-electron chi connectivity index (χ4n) is 1.58. The van der Waals surface area contributed by atoms with Crippen LogP contribution in [0, 0.1) is 6.92 Å². The van der Waals surface area contributed by atoms with E-state index >= 15 is 0 Å². The van der Waals surface area contributed by atoms with E-state index in [-0.39, 0.29) is 5.91 Å². The molecule has 0 aliphatic heterocycles. The number of carbonyl (C=O) groups is 1. The summed E-state index contributed by atoms with van der Waals surface area (Å²) in [5.74, 6) is 0.529. The third-order valence-electron chi connectivity index (χ3n) is 2.59. The lowest BCUT2D eigenvalue weighted by Crippen LogP contribution is -2.26. The number of nitrogens with zero attached hydrogens (tertiary/aromatic N) is 2. The smallest absolute Gasteiger partial charge is 0.254 e. The fraction of sp³-hybridized carbons (Fsp3) is 0.214. The molecule has 18 heavy (non-hydrogen) atoms. The van der Waals surface area contributed by atoms with Crippen molar-refractivity contribution in [3.63, 3.8) is 0 Å². The third-order valence-corrected chi connectivity index (χ3v) is 2.59. The average molecular weight is 241 g/mol. The zero-order valence-electron chi connectivity index (χ0n) is 10.3. The summed E-state index contributed by atoms with van der Waals surface area (Å²) in [6.45, 7) is 2.40. The molecule has 0 atom stereocenters. The Labute approximate surface area is 106 Å². The molecule has 0 unspecified atom stereocenters. The second-order valence-electron chi connectivity index (χ2n) is 4.01. The number of hydrogen-bond acceptors (Lipinski definition) is 3.